The number of nitro groups is 1. The Morgan fingerprint density at radius 3 is 2.81 bits per heavy atom. The lowest BCUT2D eigenvalue weighted by molar-refractivity contribution is -0.532. The van der Waals surface area contributed by atoms with Gasteiger partial charge in [0.15, 0.2) is 6.54 Å². The van der Waals surface area contributed by atoms with Gasteiger partial charge in [0.2, 0.25) is 0 Å². The number of hydrogen-bond acceptors (Lipinski definition) is 5. The maximum atomic E-state index is 11.6. The average molecular weight is 370 g/mol. The van der Waals surface area contributed by atoms with Crippen molar-refractivity contribution in [2.24, 2.45) is 0 Å². The molecule has 0 spiro atoms. The third-order valence-corrected chi connectivity index (χ3v) is 6.10. The van der Waals surface area contributed by atoms with Gasteiger partial charge in [0.05, 0.1) is 11.5 Å². The van der Waals surface area contributed by atoms with Crippen LogP contribution in [0, 0.1) is 10.1 Å². The van der Waals surface area contributed by atoms with Crippen molar-refractivity contribution in [2.75, 3.05) is 18.8 Å². The maximum Gasteiger partial charge on any atom is 0.311 e. The molecule has 0 radical (unpaired) electrons. The van der Waals surface area contributed by atoms with Gasteiger partial charge in [-0.15, -0.1) is 0 Å². The lowest BCUT2D eigenvalue weighted by Gasteiger charge is -2.28. The molecule has 2 heterocycles. The molecular weight excluding hydrogens is 350 g/mol. The summed E-state index contributed by atoms with van der Waals surface area (Å²) in [5.74, 6) is 1.02. The lowest BCUT2D eigenvalue weighted by atomic mass is 10.0. The summed E-state index contributed by atoms with van der Waals surface area (Å²) in [4.78, 5) is 12.8. The number of nitrogens with zero attached hydrogens (tertiary/aromatic N) is 3. The summed E-state index contributed by atoms with van der Waals surface area (Å²) < 4.78 is 2.19. The molecule has 0 bridgehead atoms. The minimum absolute atomic E-state index is 0.00175. The molecule has 0 fully saturated rings. The van der Waals surface area contributed by atoms with E-state index in [0.29, 0.717) is 18.7 Å². The first-order chi connectivity index (χ1) is 12.6. The van der Waals surface area contributed by atoms with Gasteiger partial charge in [0, 0.05) is 23.4 Å². The quantitative estimate of drug-likeness (QED) is 0.509. The molecule has 7 heteroatoms. The average Bonchev–Trinajstić information content (AvgIpc) is 2.96. The Bertz CT molecular complexity index is 871. The second kappa shape index (κ2) is 6.74. The fourth-order valence-electron chi connectivity index (χ4n) is 3.59. The van der Waals surface area contributed by atoms with Crippen molar-refractivity contribution in [2.45, 2.75) is 18.7 Å². The zero-order chi connectivity index (χ0) is 18.1. The molecule has 0 aromatic heterocycles. The fraction of sp³-hybridized carbons (Fsp3) is 0.316. The van der Waals surface area contributed by atoms with Crippen LogP contribution in [0.2, 0.25) is 0 Å². The minimum atomic E-state index is -1.28. The van der Waals surface area contributed by atoms with Gasteiger partial charge in [-0.2, -0.15) is 0 Å². The predicted molar refractivity (Wildman–Crippen MR) is 101 cm³/mol. The van der Waals surface area contributed by atoms with Crippen molar-refractivity contribution in [3.8, 4) is 0 Å². The maximum absolute atomic E-state index is 11.6. The van der Waals surface area contributed by atoms with E-state index < -0.39 is 10.6 Å². The number of amidine groups is 1. The van der Waals surface area contributed by atoms with Gasteiger partial charge >= 0.3 is 5.17 Å². The molecule has 0 unspecified atom stereocenters. The second-order valence-corrected chi connectivity index (χ2v) is 7.66. The molecule has 6 nitrogen and oxygen atoms in total. The van der Waals surface area contributed by atoms with Crippen LogP contribution in [0.1, 0.15) is 17.5 Å². The van der Waals surface area contributed by atoms with Gasteiger partial charge in [-0.25, -0.2) is 9.48 Å². The van der Waals surface area contributed by atoms with Crippen molar-refractivity contribution < 1.29 is 14.6 Å². The number of aliphatic hydroxyl groups is 1. The lowest BCUT2D eigenvalue weighted by Crippen LogP contribution is -2.45. The highest BCUT2D eigenvalue weighted by Crippen LogP contribution is 2.38. The van der Waals surface area contributed by atoms with Crippen LogP contribution >= 0.6 is 11.8 Å². The van der Waals surface area contributed by atoms with E-state index in [4.69, 9.17) is 0 Å². The van der Waals surface area contributed by atoms with Gasteiger partial charge in [0.1, 0.15) is 6.54 Å². The fourth-order valence-corrected chi connectivity index (χ4v) is 4.76. The van der Waals surface area contributed by atoms with E-state index in [2.05, 4.69) is 4.58 Å². The summed E-state index contributed by atoms with van der Waals surface area (Å²) in [6.45, 7) is 1.87. The molecule has 0 amide bonds. The Kier molecular flexibility index (Phi) is 4.42. The van der Waals surface area contributed by atoms with Crippen molar-refractivity contribution in [3.63, 3.8) is 0 Å². The molecule has 2 aromatic carbocycles. The molecule has 4 rings (SSSR count). The number of benzene rings is 2. The second-order valence-electron chi connectivity index (χ2n) is 6.60. The molecule has 2 aliphatic heterocycles. The largest absolute Gasteiger partial charge is 0.346 e. The van der Waals surface area contributed by atoms with Crippen molar-refractivity contribution in [1.82, 2.24) is 4.90 Å². The van der Waals surface area contributed by atoms with Crippen LogP contribution in [0.4, 0.5) is 5.69 Å². The number of thioether (sulfide) groups is 1. The van der Waals surface area contributed by atoms with Gasteiger partial charge in [-0.1, -0.05) is 42.5 Å². The molecular formula is C19H20N3O3S+. The molecule has 134 valence electrons. The first kappa shape index (κ1) is 17.1. The molecule has 2 aliphatic rings. The first-order valence-electron chi connectivity index (χ1n) is 8.61. The highest BCUT2D eigenvalue weighted by atomic mass is 32.2. The Morgan fingerprint density at radius 2 is 2.04 bits per heavy atom. The number of nitro benzene ring substituents is 1. The summed E-state index contributed by atoms with van der Waals surface area (Å²) in [6, 6.07) is 16.4. The van der Waals surface area contributed by atoms with Crippen LogP contribution in [0.5, 0.6) is 0 Å². The molecule has 26 heavy (non-hydrogen) atoms. The van der Waals surface area contributed by atoms with E-state index in [1.54, 1.807) is 23.9 Å². The third-order valence-electron chi connectivity index (χ3n) is 4.87. The van der Waals surface area contributed by atoms with Gasteiger partial charge < -0.3 is 5.11 Å². The topological polar surface area (TPSA) is 69.6 Å². The van der Waals surface area contributed by atoms with E-state index in [1.165, 1.54) is 12.1 Å². The molecule has 1 N–H and O–H groups in total. The summed E-state index contributed by atoms with van der Waals surface area (Å²) in [5.41, 5.74) is 0.370. The van der Waals surface area contributed by atoms with E-state index in [-0.39, 0.29) is 5.69 Å². The first-order valence-corrected chi connectivity index (χ1v) is 9.60. The minimum Gasteiger partial charge on any atom is -0.346 e. The van der Waals surface area contributed by atoms with Crippen molar-refractivity contribution in [3.05, 3.63) is 75.8 Å². The van der Waals surface area contributed by atoms with E-state index in [9.17, 15) is 15.2 Å². The monoisotopic (exact) mass is 370 g/mol. The van der Waals surface area contributed by atoms with E-state index in [1.807, 2.05) is 35.2 Å². The van der Waals surface area contributed by atoms with Gasteiger partial charge in [-0.3, -0.25) is 10.1 Å². The summed E-state index contributed by atoms with van der Waals surface area (Å²) in [7, 11) is 0. The Balaban J connectivity index is 1.76. The standard InChI is InChI=1S/C19H20N3O3S/c23-19(16-8-4-9-17(12-16)22(24)25)14-20-10-5-11-26-18(20)21(19)13-15-6-2-1-3-7-15/h1-4,6-9,12,23H,5,10-11,13-14H2/q+1/t19-/m0/s1. The molecule has 1 atom stereocenters. The number of non-ortho nitro benzene ring substituents is 1. The zero-order valence-corrected chi connectivity index (χ0v) is 15.1. The van der Waals surface area contributed by atoms with Crippen LogP contribution in [-0.4, -0.2) is 43.5 Å². The normalized spacial score (nSPS) is 22.4. The third kappa shape index (κ3) is 2.97. The van der Waals surface area contributed by atoms with E-state index in [0.717, 1.165) is 29.4 Å². The highest BCUT2D eigenvalue weighted by Gasteiger charge is 2.54. The van der Waals surface area contributed by atoms with Gasteiger partial charge in [-0.05, 0) is 23.7 Å². The molecule has 0 aliphatic carbocycles. The Hall–Kier alpha value is -2.38. The smallest absolute Gasteiger partial charge is 0.311 e. The Morgan fingerprint density at radius 1 is 1.23 bits per heavy atom. The summed E-state index contributed by atoms with van der Waals surface area (Å²) in [5, 5.41) is 23.9. The Labute approximate surface area is 155 Å². The van der Waals surface area contributed by atoms with Crippen LogP contribution in [-0.2, 0) is 12.3 Å². The van der Waals surface area contributed by atoms with Crippen LogP contribution in [0.25, 0.3) is 0 Å². The number of hydrogen-bond donors (Lipinski definition) is 1. The predicted octanol–water partition coefficient (Wildman–Crippen LogP) is 2.76. The zero-order valence-electron chi connectivity index (χ0n) is 14.2. The summed E-state index contributed by atoms with van der Waals surface area (Å²) >= 11 is 1.74. The van der Waals surface area contributed by atoms with Crippen LogP contribution in [0.3, 0.4) is 0 Å². The SMILES string of the molecule is O=[N+]([O-])c1cccc([C@@]2(O)C[N+]3=C(SCCC3)N2Cc2ccccc2)c1. The summed E-state index contributed by atoms with van der Waals surface area (Å²) in [6.07, 6.45) is 1.07. The number of rotatable bonds is 4. The van der Waals surface area contributed by atoms with Crippen molar-refractivity contribution in [1.29, 1.82) is 0 Å². The van der Waals surface area contributed by atoms with Crippen LogP contribution < -0.4 is 0 Å². The van der Waals surface area contributed by atoms with E-state index >= 15 is 0 Å². The molecule has 0 saturated carbocycles. The highest BCUT2D eigenvalue weighted by molar-refractivity contribution is 8.13. The van der Waals surface area contributed by atoms with Crippen LogP contribution in [0.15, 0.2) is 54.6 Å². The van der Waals surface area contributed by atoms with Gasteiger partial charge in [0.25, 0.3) is 11.4 Å². The molecule has 2 aromatic rings. The van der Waals surface area contributed by atoms with Crippen molar-refractivity contribution >= 4 is 22.6 Å². The molecule has 0 saturated heterocycles.